The molecule has 1 heterocycles. The molecule has 0 saturated carbocycles. The third-order valence-electron chi connectivity index (χ3n) is 6.70. The van der Waals surface area contributed by atoms with E-state index in [-0.39, 0.29) is 19.6 Å². The van der Waals surface area contributed by atoms with Crippen molar-refractivity contribution in [3.63, 3.8) is 0 Å². The molecule has 0 N–H and O–H groups in total. The monoisotopic (exact) mass is 500 g/mol. The molecule has 0 amide bonds. The molecule has 10 nitrogen and oxygen atoms in total. The predicted octanol–water partition coefficient (Wildman–Crippen LogP) is 3.13. The number of cyclic esters (lactones) is 1. The number of ether oxygens (including phenoxy) is 5. The van der Waals surface area contributed by atoms with Crippen LogP contribution in [0.3, 0.4) is 0 Å². The van der Waals surface area contributed by atoms with Crippen molar-refractivity contribution in [2.24, 2.45) is 16.7 Å². The summed E-state index contributed by atoms with van der Waals surface area (Å²) in [7, 11) is 0. The summed E-state index contributed by atoms with van der Waals surface area (Å²) in [6.07, 6.45) is -2.37. The lowest BCUT2D eigenvalue weighted by Crippen LogP contribution is -2.55. The van der Waals surface area contributed by atoms with Crippen LogP contribution in [-0.2, 0) is 47.7 Å². The number of hydrogen-bond donors (Lipinski definition) is 0. The van der Waals surface area contributed by atoms with Gasteiger partial charge in [-0.25, -0.2) is 9.59 Å². The molecule has 10 heteroatoms. The van der Waals surface area contributed by atoms with Crippen molar-refractivity contribution >= 4 is 29.8 Å². The highest BCUT2D eigenvalue weighted by Gasteiger charge is 2.70. The number of carbonyl (C=O) groups excluding carboxylic acids is 5. The Kier molecular flexibility index (Phi) is 9.51. The van der Waals surface area contributed by atoms with Gasteiger partial charge in [-0.3, -0.25) is 14.4 Å². The Balaban J connectivity index is 3.54. The summed E-state index contributed by atoms with van der Waals surface area (Å²) in [6.45, 7) is 16.3. The molecule has 3 atom stereocenters. The Morgan fingerprint density at radius 1 is 0.914 bits per heavy atom. The fourth-order valence-electron chi connectivity index (χ4n) is 3.96. The van der Waals surface area contributed by atoms with Crippen LogP contribution in [0.1, 0.15) is 82.1 Å². The minimum absolute atomic E-state index is 0.0368. The lowest BCUT2D eigenvalue weighted by atomic mass is 9.60. The van der Waals surface area contributed by atoms with Crippen LogP contribution in [0.5, 0.6) is 0 Å². The highest BCUT2D eigenvalue weighted by molar-refractivity contribution is 5.94. The molecule has 1 aliphatic heterocycles. The van der Waals surface area contributed by atoms with Gasteiger partial charge in [0.05, 0.1) is 25.0 Å². The van der Waals surface area contributed by atoms with Crippen LogP contribution in [-0.4, -0.2) is 60.4 Å². The molecule has 0 aliphatic carbocycles. The lowest BCUT2D eigenvalue weighted by molar-refractivity contribution is -0.201. The van der Waals surface area contributed by atoms with Crippen molar-refractivity contribution in [1.82, 2.24) is 0 Å². The average Bonchev–Trinajstić information content (AvgIpc) is 2.86. The smallest absolute Gasteiger partial charge is 0.352 e. The maximum Gasteiger partial charge on any atom is 0.352 e. The number of carbonyl (C=O) groups is 5. The molecule has 0 radical (unpaired) electrons. The highest BCUT2D eigenvalue weighted by Crippen LogP contribution is 2.57. The standard InChI is InChI=1S/C25H40O10/c1-11-25(24(9,10)23(7,8)20(29)35-25)21(30)33-17(19(28)34-22(4,5)6)15(18(27)32-13-3)14-16(26)31-12-2/h15,17H,11-14H2,1-10H3/t15-,17+,25-/m0/s1. The molecule has 1 rings (SSSR count). The molecule has 0 bridgehead atoms. The van der Waals surface area contributed by atoms with Gasteiger partial charge in [0, 0.05) is 5.41 Å². The first-order valence-corrected chi connectivity index (χ1v) is 11.9. The van der Waals surface area contributed by atoms with E-state index < -0.39 is 70.3 Å². The molecule has 1 aliphatic rings. The lowest BCUT2D eigenvalue weighted by Gasteiger charge is -2.41. The van der Waals surface area contributed by atoms with Crippen LogP contribution in [0, 0.1) is 16.7 Å². The zero-order valence-corrected chi connectivity index (χ0v) is 22.6. The van der Waals surface area contributed by atoms with Crippen LogP contribution in [0.2, 0.25) is 0 Å². The van der Waals surface area contributed by atoms with Crippen LogP contribution in [0.15, 0.2) is 0 Å². The largest absolute Gasteiger partial charge is 0.466 e. The van der Waals surface area contributed by atoms with Gasteiger partial charge in [-0.05, 0) is 54.9 Å². The number of rotatable bonds is 10. The van der Waals surface area contributed by atoms with Gasteiger partial charge in [-0.15, -0.1) is 0 Å². The molecule has 0 aromatic carbocycles. The predicted molar refractivity (Wildman–Crippen MR) is 124 cm³/mol. The van der Waals surface area contributed by atoms with E-state index in [0.717, 1.165) is 0 Å². The first kappa shape index (κ1) is 30.4. The Morgan fingerprint density at radius 2 is 1.46 bits per heavy atom. The molecule has 35 heavy (non-hydrogen) atoms. The van der Waals surface area contributed by atoms with Crippen LogP contribution < -0.4 is 0 Å². The normalized spacial score (nSPS) is 22.4. The van der Waals surface area contributed by atoms with Gasteiger partial charge in [0.2, 0.25) is 11.7 Å². The van der Waals surface area contributed by atoms with E-state index in [4.69, 9.17) is 23.7 Å². The maximum absolute atomic E-state index is 13.6. The van der Waals surface area contributed by atoms with Gasteiger partial charge in [0.15, 0.2) is 0 Å². The van der Waals surface area contributed by atoms with E-state index in [1.807, 2.05) is 0 Å². The fourth-order valence-corrected chi connectivity index (χ4v) is 3.96. The van der Waals surface area contributed by atoms with Crippen LogP contribution in [0.25, 0.3) is 0 Å². The molecule has 0 aromatic rings. The number of hydrogen-bond acceptors (Lipinski definition) is 10. The summed E-state index contributed by atoms with van der Waals surface area (Å²) in [5.41, 5.74) is -4.82. The molecular formula is C25H40O10. The van der Waals surface area contributed by atoms with Crippen molar-refractivity contribution in [2.45, 2.75) is 99.4 Å². The Bertz CT molecular complexity index is 836. The summed E-state index contributed by atoms with van der Waals surface area (Å²) in [4.78, 5) is 64.6. The molecule has 0 unspecified atom stereocenters. The van der Waals surface area contributed by atoms with Gasteiger partial charge < -0.3 is 23.7 Å². The van der Waals surface area contributed by atoms with Gasteiger partial charge in [-0.1, -0.05) is 20.8 Å². The third-order valence-corrected chi connectivity index (χ3v) is 6.70. The minimum atomic E-state index is -1.84. The summed E-state index contributed by atoms with van der Waals surface area (Å²) in [5.74, 6) is -5.90. The summed E-state index contributed by atoms with van der Waals surface area (Å²) < 4.78 is 26.6. The molecule has 200 valence electrons. The second-order valence-corrected chi connectivity index (χ2v) is 10.5. The summed E-state index contributed by atoms with van der Waals surface area (Å²) >= 11 is 0. The zero-order valence-electron chi connectivity index (χ0n) is 22.6. The third kappa shape index (κ3) is 6.13. The Morgan fingerprint density at radius 3 is 1.86 bits per heavy atom. The average molecular weight is 501 g/mol. The summed E-state index contributed by atoms with van der Waals surface area (Å²) in [5, 5.41) is 0. The maximum atomic E-state index is 13.6. The molecular weight excluding hydrogens is 460 g/mol. The molecule has 0 spiro atoms. The SMILES string of the molecule is CCOC(=O)C[C@H](C(=O)OCC)[C@@H](OC(=O)[C@]1(CC)OC(=O)C(C)(C)C1(C)C)C(=O)OC(C)(C)C. The quantitative estimate of drug-likeness (QED) is 0.325. The van der Waals surface area contributed by atoms with Crippen LogP contribution >= 0.6 is 0 Å². The van der Waals surface area contributed by atoms with E-state index in [2.05, 4.69) is 0 Å². The van der Waals surface area contributed by atoms with E-state index in [1.165, 1.54) is 0 Å². The minimum Gasteiger partial charge on any atom is -0.466 e. The summed E-state index contributed by atoms with van der Waals surface area (Å²) in [6, 6.07) is 0. The van der Waals surface area contributed by atoms with Crippen molar-refractivity contribution in [3.05, 3.63) is 0 Å². The van der Waals surface area contributed by atoms with E-state index in [1.54, 1.807) is 69.2 Å². The second kappa shape index (κ2) is 11.0. The zero-order chi connectivity index (χ0) is 27.4. The Hall–Kier alpha value is -2.65. The number of esters is 5. The van der Waals surface area contributed by atoms with Crippen molar-refractivity contribution < 1.29 is 47.7 Å². The molecule has 1 saturated heterocycles. The molecule has 0 aromatic heterocycles. The molecule has 1 fully saturated rings. The van der Waals surface area contributed by atoms with Gasteiger partial charge in [-0.2, -0.15) is 0 Å². The van der Waals surface area contributed by atoms with Crippen molar-refractivity contribution in [1.29, 1.82) is 0 Å². The first-order chi connectivity index (χ1) is 15.9. The first-order valence-electron chi connectivity index (χ1n) is 11.9. The van der Waals surface area contributed by atoms with E-state index in [9.17, 15) is 24.0 Å². The fraction of sp³-hybridized carbons (Fsp3) is 0.800. The van der Waals surface area contributed by atoms with Crippen molar-refractivity contribution in [2.75, 3.05) is 13.2 Å². The van der Waals surface area contributed by atoms with Gasteiger partial charge >= 0.3 is 29.8 Å². The second-order valence-electron chi connectivity index (χ2n) is 10.5. The highest BCUT2D eigenvalue weighted by atomic mass is 16.6. The van der Waals surface area contributed by atoms with Crippen molar-refractivity contribution in [3.8, 4) is 0 Å². The van der Waals surface area contributed by atoms with Gasteiger partial charge in [0.1, 0.15) is 11.5 Å². The van der Waals surface area contributed by atoms with Gasteiger partial charge in [0.25, 0.3) is 0 Å². The van der Waals surface area contributed by atoms with E-state index >= 15 is 0 Å². The Labute approximate surface area is 207 Å². The topological polar surface area (TPSA) is 132 Å². The van der Waals surface area contributed by atoms with E-state index in [0.29, 0.717) is 0 Å². The van der Waals surface area contributed by atoms with Crippen LogP contribution in [0.4, 0.5) is 0 Å².